The average molecular weight is 326 g/mol. The molecule has 0 amide bonds. The summed E-state index contributed by atoms with van der Waals surface area (Å²) in [6.07, 6.45) is 1.66. The van der Waals surface area contributed by atoms with Crippen molar-refractivity contribution in [2.24, 2.45) is 0 Å². The minimum Gasteiger partial charge on any atom is -0.496 e. The molecular formula is C18H14O6. The highest BCUT2D eigenvalue weighted by atomic mass is 16.7. The molecule has 2 aromatic carbocycles. The van der Waals surface area contributed by atoms with Gasteiger partial charge in [0.15, 0.2) is 17.3 Å². The molecule has 0 aromatic heterocycles. The Morgan fingerprint density at radius 2 is 1.83 bits per heavy atom. The highest BCUT2D eigenvalue weighted by molar-refractivity contribution is 6.16. The van der Waals surface area contributed by atoms with E-state index >= 15 is 0 Å². The van der Waals surface area contributed by atoms with Gasteiger partial charge in [-0.2, -0.15) is 0 Å². The minimum atomic E-state index is -0.234. The maximum absolute atomic E-state index is 12.6. The van der Waals surface area contributed by atoms with E-state index in [0.29, 0.717) is 34.3 Å². The van der Waals surface area contributed by atoms with E-state index in [4.69, 9.17) is 23.7 Å². The van der Waals surface area contributed by atoms with E-state index in [0.717, 1.165) is 5.56 Å². The monoisotopic (exact) mass is 326 g/mol. The third kappa shape index (κ3) is 2.23. The van der Waals surface area contributed by atoms with Crippen LogP contribution in [0.3, 0.4) is 0 Å². The van der Waals surface area contributed by atoms with Crippen molar-refractivity contribution in [1.82, 2.24) is 0 Å². The Morgan fingerprint density at radius 1 is 1.00 bits per heavy atom. The van der Waals surface area contributed by atoms with Crippen LogP contribution in [-0.4, -0.2) is 26.8 Å². The number of hydrogen-bond donors (Lipinski definition) is 0. The molecule has 0 bridgehead atoms. The average Bonchev–Trinajstić information content (AvgIpc) is 3.18. The number of fused-ring (bicyclic) bond motifs is 2. The molecule has 6 nitrogen and oxygen atoms in total. The van der Waals surface area contributed by atoms with Crippen LogP contribution in [-0.2, 0) is 0 Å². The predicted octanol–water partition coefficient (Wildman–Crippen LogP) is 3.05. The second-order valence-electron chi connectivity index (χ2n) is 5.26. The van der Waals surface area contributed by atoms with Crippen molar-refractivity contribution in [3.8, 4) is 28.7 Å². The number of benzene rings is 2. The standard InChI is InChI=1S/C18H14O6/c1-20-11-7-14(21-2)17-15(8-11)24-16(18(17)19)6-10-3-4-12-13(5-10)23-9-22-12/h3-8H,9H2,1-2H3/b16-6-. The summed E-state index contributed by atoms with van der Waals surface area (Å²) in [4.78, 5) is 12.6. The zero-order chi connectivity index (χ0) is 16.7. The first-order valence-corrected chi connectivity index (χ1v) is 7.29. The zero-order valence-corrected chi connectivity index (χ0v) is 13.1. The van der Waals surface area contributed by atoms with Gasteiger partial charge in [0.25, 0.3) is 0 Å². The second-order valence-corrected chi connectivity index (χ2v) is 5.26. The van der Waals surface area contributed by atoms with E-state index in [-0.39, 0.29) is 18.3 Å². The van der Waals surface area contributed by atoms with Gasteiger partial charge in [-0.05, 0) is 23.8 Å². The third-order valence-electron chi connectivity index (χ3n) is 3.86. The van der Waals surface area contributed by atoms with Gasteiger partial charge in [-0.3, -0.25) is 4.79 Å². The number of carbonyl (C=O) groups is 1. The maximum atomic E-state index is 12.6. The van der Waals surface area contributed by atoms with Gasteiger partial charge in [0.05, 0.1) is 14.2 Å². The molecule has 2 heterocycles. The van der Waals surface area contributed by atoms with E-state index in [1.807, 2.05) is 6.07 Å². The molecular weight excluding hydrogens is 312 g/mol. The maximum Gasteiger partial charge on any atom is 0.235 e. The van der Waals surface area contributed by atoms with Crippen molar-refractivity contribution < 1.29 is 28.5 Å². The molecule has 0 spiro atoms. The number of hydrogen-bond acceptors (Lipinski definition) is 6. The number of methoxy groups -OCH3 is 2. The zero-order valence-electron chi connectivity index (χ0n) is 13.1. The van der Waals surface area contributed by atoms with E-state index in [1.165, 1.54) is 7.11 Å². The minimum absolute atomic E-state index is 0.202. The van der Waals surface area contributed by atoms with Crippen LogP contribution >= 0.6 is 0 Å². The molecule has 4 rings (SSSR count). The number of ether oxygens (including phenoxy) is 5. The fourth-order valence-corrected chi connectivity index (χ4v) is 2.69. The summed E-state index contributed by atoms with van der Waals surface area (Å²) in [6.45, 7) is 0.202. The quantitative estimate of drug-likeness (QED) is 0.808. The molecule has 0 radical (unpaired) electrons. The van der Waals surface area contributed by atoms with E-state index < -0.39 is 0 Å². The largest absolute Gasteiger partial charge is 0.496 e. The van der Waals surface area contributed by atoms with Crippen LogP contribution in [0.4, 0.5) is 0 Å². The van der Waals surface area contributed by atoms with Crippen LogP contribution in [0.25, 0.3) is 6.08 Å². The molecule has 0 aliphatic carbocycles. The molecule has 0 N–H and O–H groups in total. The van der Waals surface area contributed by atoms with Crippen LogP contribution in [0.2, 0.25) is 0 Å². The van der Waals surface area contributed by atoms with E-state index in [2.05, 4.69) is 0 Å². The lowest BCUT2D eigenvalue weighted by Crippen LogP contribution is -2.00. The molecule has 0 atom stereocenters. The number of ketones is 1. The van der Waals surface area contributed by atoms with Gasteiger partial charge in [-0.15, -0.1) is 0 Å². The van der Waals surface area contributed by atoms with Gasteiger partial charge in [0.2, 0.25) is 12.6 Å². The molecule has 2 aliphatic heterocycles. The highest BCUT2D eigenvalue weighted by Gasteiger charge is 2.32. The first-order chi connectivity index (χ1) is 11.7. The van der Waals surface area contributed by atoms with Crippen molar-refractivity contribution in [3.63, 3.8) is 0 Å². The Morgan fingerprint density at radius 3 is 2.62 bits per heavy atom. The number of Topliss-reactive ketones (excluding diaryl/α,β-unsaturated/α-hetero) is 1. The van der Waals surface area contributed by atoms with Gasteiger partial charge in [-0.1, -0.05) is 6.07 Å². The summed E-state index contributed by atoms with van der Waals surface area (Å²) in [5.41, 5.74) is 1.17. The molecule has 0 fully saturated rings. The second kappa shape index (κ2) is 5.49. The molecule has 2 aromatic rings. The summed E-state index contributed by atoms with van der Waals surface area (Å²) in [5.74, 6) is 2.71. The Hall–Kier alpha value is -3.15. The van der Waals surface area contributed by atoms with Gasteiger partial charge in [0, 0.05) is 12.1 Å². The van der Waals surface area contributed by atoms with Crippen LogP contribution in [0, 0.1) is 0 Å². The number of allylic oxidation sites excluding steroid dienone is 1. The van der Waals surface area contributed by atoms with Crippen molar-refractivity contribution in [2.45, 2.75) is 0 Å². The van der Waals surface area contributed by atoms with E-state index in [9.17, 15) is 4.79 Å². The summed E-state index contributed by atoms with van der Waals surface area (Å²) < 4.78 is 26.8. The summed E-state index contributed by atoms with van der Waals surface area (Å²) in [5, 5.41) is 0. The summed E-state index contributed by atoms with van der Waals surface area (Å²) in [7, 11) is 3.04. The Kier molecular flexibility index (Phi) is 3.30. The van der Waals surface area contributed by atoms with Gasteiger partial charge in [0.1, 0.15) is 22.8 Å². The Balaban J connectivity index is 1.72. The van der Waals surface area contributed by atoms with Gasteiger partial charge in [-0.25, -0.2) is 0 Å². The number of rotatable bonds is 3. The first kappa shape index (κ1) is 14.4. The van der Waals surface area contributed by atoms with Crippen molar-refractivity contribution >= 4 is 11.9 Å². The van der Waals surface area contributed by atoms with Crippen LogP contribution in [0.15, 0.2) is 36.1 Å². The number of carbonyl (C=O) groups excluding carboxylic acids is 1. The van der Waals surface area contributed by atoms with Crippen molar-refractivity contribution in [1.29, 1.82) is 0 Å². The first-order valence-electron chi connectivity index (χ1n) is 7.29. The van der Waals surface area contributed by atoms with Crippen LogP contribution < -0.4 is 23.7 Å². The van der Waals surface area contributed by atoms with Crippen molar-refractivity contribution in [3.05, 3.63) is 47.2 Å². The molecule has 0 unspecified atom stereocenters. The lowest BCUT2D eigenvalue weighted by molar-refractivity contribution is 0.101. The van der Waals surface area contributed by atoms with E-state index in [1.54, 1.807) is 37.5 Å². The highest BCUT2D eigenvalue weighted by Crippen LogP contribution is 2.42. The van der Waals surface area contributed by atoms with Gasteiger partial charge < -0.3 is 23.7 Å². The molecule has 6 heteroatoms. The lowest BCUT2D eigenvalue weighted by atomic mass is 10.1. The Bertz CT molecular complexity index is 868. The van der Waals surface area contributed by atoms with Gasteiger partial charge >= 0.3 is 0 Å². The topological polar surface area (TPSA) is 63.2 Å². The third-order valence-corrected chi connectivity index (χ3v) is 3.86. The fourth-order valence-electron chi connectivity index (χ4n) is 2.69. The molecule has 24 heavy (non-hydrogen) atoms. The van der Waals surface area contributed by atoms with Crippen LogP contribution in [0.5, 0.6) is 28.7 Å². The SMILES string of the molecule is COc1cc(OC)c2c(c1)O/C(=C\c1ccc3c(c1)OCO3)C2=O. The molecule has 122 valence electrons. The molecule has 0 saturated heterocycles. The molecule has 0 saturated carbocycles. The summed E-state index contributed by atoms with van der Waals surface area (Å²) >= 11 is 0. The summed E-state index contributed by atoms with van der Waals surface area (Å²) in [6, 6.07) is 8.75. The normalized spacial score (nSPS) is 16.1. The van der Waals surface area contributed by atoms with Crippen molar-refractivity contribution in [2.75, 3.05) is 21.0 Å². The lowest BCUT2D eigenvalue weighted by Gasteiger charge is -2.07. The van der Waals surface area contributed by atoms with Crippen LogP contribution in [0.1, 0.15) is 15.9 Å². The fraction of sp³-hybridized carbons (Fsp3) is 0.167. The smallest absolute Gasteiger partial charge is 0.235 e. The predicted molar refractivity (Wildman–Crippen MR) is 85.0 cm³/mol. The molecule has 2 aliphatic rings. The Labute approximate surface area is 138 Å².